The molecule has 1 aliphatic rings. The quantitative estimate of drug-likeness (QED) is 0.292. The van der Waals surface area contributed by atoms with Crippen molar-refractivity contribution in [2.24, 2.45) is 0 Å². The van der Waals surface area contributed by atoms with Gasteiger partial charge in [0.05, 0.1) is 42.0 Å². The number of methoxy groups -OCH3 is 1. The van der Waals surface area contributed by atoms with Gasteiger partial charge in [0.25, 0.3) is 11.7 Å². The topological polar surface area (TPSA) is 95.8 Å². The Bertz CT molecular complexity index is 1360. The number of nitrogens with zero attached hydrogens (tertiary/aromatic N) is 4. The fourth-order valence-electron chi connectivity index (χ4n) is 4.17. The monoisotopic (exact) mass is 547 g/mol. The van der Waals surface area contributed by atoms with Gasteiger partial charge in [-0.25, -0.2) is 14.4 Å². The zero-order valence-corrected chi connectivity index (χ0v) is 21.9. The Morgan fingerprint density at radius 2 is 2.16 bits per heavy atom. The first kappa shape index (κ1) is 27.4. The summed E-state index contributed by atoms with van der Waals surface area (Å²) < 4.78 is 48.3. The highest BCUT2D eigenvalue weighted by Crippen LogP contribution is 2.33. The van der Waals surface area contributed by atoms with Crippen LogP contribution in [0.2, 0.25) is 0 Å². The molecule has 1 aliphatic heterocycles. The Morgan fingerprint density at radius 3 is 2.87 bits per heavy atom. The first-order valence-electron chi connectivity index (χ1n) is 11.8. The summed E-state index contributed by atoms with van der Waals surface area (Å²) >= 11 is 0.381. The van der Waals surface area contributed by atoms with Crippen LogP contribution in [0.15, 0.2) is 35.7 Å². The molecule has 1 fully saturated rings. The lowest BCUT2D eigenvalue weighted by molar-refractivity contribution is 0.0962. The van der Waals surface area contributed by atoms with Gasteiger partial charge in [-0.3, -0.25) is 4.79 Å². The number of piperidine rings is 1. The van der Waals surface area contributed by atoms with Gasteiger partial charge in [0, 0.05) is 38.7 Å². The number of rotatable bonds is 8. The number of amides is 1. The molecule has 0 bridgehead atoms. The van der Waals surface area contributed by atoms with E-state index in [1.54, 1.807) is 22.7 Å². The van der Waals surface area contributed by atoms with Crippen molar-refractivity contribution < 1.29 is 22.7 Å². The zero-order valence-electron chi connectivity index (χ0n) is 21.1. The van der Waals surface area contributed by atoms with Gasteiger partial charge in [0.2, 0.25) is 5.88 Å². The summed E-state index contributed by atoms with van der Waals surface area (Å²) in [6.45, 7) is 1.18. The molecule has 0 aliphatic carbocycles. The number of likely N-dealkylation sites (tertiary alicyclic amines) is 1. The molecule has 0 spiro atoms. The van der Waals surface area contributed by atoms with Crippen molar-refractivity contribution in [1.29, 1.82) is 0 Å². The largest absolute Gasteiger partial charge is 0.480 e. The molecule has 38 heavy (non-hydrogen) atoms. The summed E-state index contributed by atoms with van der Waals surface area (Å²) in [5.74, 6) is 3.60. The lowest BCUT2D eigenvalue weighted by Crippen LogP contribution is -2.46. The lowest BCUT2D eigenvalue weighted by atomic mass is 10.0. The normalized spacial score (nSPS) is 17.7. The molecule has 1 saturated heterocycles. The van der Waals surface area contributed by atoms with Crippen molar-refractivity contribution in [3.05, 3.63) is 41.9 Å². The molecule has 4 rings (SSSR count). The van der Waals surface area contributed by atoms with E-state index in [9.17, 15) is 18.0 Å². The number of alkyl halides is 3. The Morgan fingerprint density at radius 1 is 1.34 bits per heavy atom. The summed E-state index contributed by atoms with van der Waals surface area (Å²) in [6.07, 6.45) is 3.98. The number of halogens is 3. The van der Waals surface area contributed by atoms with E-state index in [4.69, 9.17) is 4.74 Å². The standard InChI is InChI=1S/C25H28F3N7O2S/c1-29-22(36)16-11-19(23(37-3)32-13-16)30-7-4-5-15-12-20-21(33-18-6-9-34(2)14-17(18)26)31-8-10-35(20)24(15)38-25(27)28/h8,10-13,17-18,25,30H,6-7,9,14H2,1-3H3,(H,29,36)(H,31,33)/t17-,18+/m0/s1. The fraction of sp³-hybridized carbons (Fsp3) is 0.400. The molecular formula is C25H28F3N7O2S. The molecule has 2 atom stereocenters. The molecule has 0 aromatic carbocycles. The average Bonchev–Trinajstić information content (AvgIpc) is 3.25. The van der Waals surface area contributed by atoms with Gasteiger partial charge in [-0.2, -0.15) is 8.78 Å². The van der Waals surface area contributed by atoms with Gasteiger partial charge in [-0.05, 0) is 37.4 Å². The first-order valence-corrected chi connectivity index (χ1v) is 12.7. The van der Waals surface area contributed by atoms with Gasteiger partial charge in [0.15, 0.2) is 5.82 Å². The molecule has 0 radical (unpaired) electrons. The van der Waals surface area contributed by atoms with Gasteiger partial charge in [0.1, 0.15) is 11.2 Å². The molecular weight excluding hydrogens is 519 g/mol. The Hall–Kier alpha value is -3.63. The number of anilines is 2. The van der Waals surface area contributed by atoms with Crippen LogP contribution in [-0.4, -0.2) is 84.0 Å². The predicted molar refractivity (Wildman–Crippen MR) is 141 cm³/mol. The van der Waals surface area contributed by atoms with Crippen molar-refractivity contribution in [1.82, 2.24) is 24.6 Å². The van der Waals surface area contributed by atoms with Crippen molar-refractivity contribution in [2.45, 2.75) is 29.4 Å². The second kappa shape index (κ2) is 12.3. The third kappa shape index (κ3) is 6.25. The highest BCUT2D eigenvalue weighted by atomic mass is 32.2. The maximum Gasteiger partial charge on any atom is 0.290 e. The van der Waals surface area contributed by atoms with E-state index < -0.39 is 18.0 Å². The maximum absolute atomic E-state index is 14.6. The number of hydrogen-bond donors (Lipinski definition) is 3. The molecule has 0 unspecified atom stereocenters. The van der Waals surface area contributed by atoms with E-state index in [1.807, 2.05) is 11.9 Å². The van der Waals surface area contributed by atoms with E-state index in [0.29, 0.717) is 52.9 Å². The van der Waals surface area contributed by atoms with Crippen LogP contribution in [0.1, 0.15) is 22.3 Å². The first-order chi connectivity index (χ1) is 18.3. The van der Waals surface area contributed by atoms with Crippen LogP contribution in [-0.2, 0) is 0 Å². The number of hydrogen-bond acceptors (Lipinski definition) is 8. The minimum absolute atomic E-state index is 0.128. The number of nitrogens with one attached hydrogen (secondary N) is 3. The summed E-state index contributed by atoms with van der Waals surface area (Å²) in [4.78, 5) is 22.3. The minimum Gasteiger partial charge on any atom is -0.480 e. The molecule has 9 nitrogen and oxygen atoms in total. The van der Waals surface area contributed by atoms with Crippen molar-refractivity contribution in [2.75, 3.05) is 51.5 Å². The molecule has 1 amide bonds. The van der Waals surface area contributed by atoms with Gasteiger partial charge >= 0.3 is 0 Å². The van der Waals surface area contributed by atoms with Crippen LogP contribution in [0.3, 0.4) is 0 Å². The molecule has 3 N–H and O–H groups in total. The SMILES string of the molecule is CNC(=O)c1cnc(OC)c(NCC#Cc2cc3c(N[C@@H]4CCN(C)C[C@@H]4F)nccn3c2SC(F)F)c1. The van der Waals surface area contributed by atoms with E-state index in [-0.39, 0.29) is 23.4 Å². The smallest absolute Gasteiger partial charge is 0.290 e. The number of pyridine rings is 1. The van der Waals surface area contributed by atoms with Crippen LogP contribution < -0.4 is 20.7 Å². The van der Waals surface area contributed by atoms with E-state index in [0.717, 1.165) is 6.54 Å². The molecule has 3 aromatic rings. The summed E-state index contributed by atoms with van der Waals surface area (Å²) in [5, 5.41) is 9.00. The number of carbonyl (C=O) groups excluding carboxylic acids is 1. The fourth-order valence-corrected chi connectivity index (χ4v) is 4.85. The second-order valence-corrected chi connectivity index (χ2v) is 9.58. The van der Waals surface area contributed by atoms with Crippen molar-refractivity contribution in [3.63, 3.8) is 0 Å². The molecule has 4 heterocycles. The lowest BCUT2D eigenvalue weighted by Gasteiger charge is -2.33. The number of aromatic nitrogens is 3. The van der Waals surface area contributed by atoms with E-state index in [1.165, 1.54) is 26.6 Å². The zero-order chi connectivity index (χ0) is 27.2. The van der Waals surface area contributed by atoms with Crippen LogP contribution in [0.4, 0.5) is 24.7 Å². The second-order valence-electron chi connectivity index (χ2n) is 8.61. The average molecular weight is 548 g/mol. The third-order valence-electron chi connectivity index (χ3n) is 6.04. The Labute approximate surface area is 222 Å². The number of fused-ring (bicyclic) bond motifs is 1. The van der Waals surface area contributed by atoms with Gasteiger partial charge < -0.3 is 30.0 Å². The maximum atomic E-state index is 14.6. The number of carbonyl (C=O) groups is 1. The Balaban J connectivity index is 1.59. The molecule has 13 heteroatoms. The highest BCUT2D eigenvalue weighted by molar-refractivity contribution is 7.99. The summed E-state index contributed by atoms with van der Waals surface area (Å²) in [6, 6.07) is 2.82. The van der Waals surface area contributed by atoms with Crippen LogP contribution in [0, 0.1) is 11.8 Å². The highest BCUT2D eigenvalue weighted by Gasteiger charge is 2.28. The van der Waals surface area contributed by atoms with Crippen LogP contribution >= 0.6 is 11.8 Å². The van der Waals surface area contributed by atoms with Crippen molar-refractivity contribution in [3.8, 4) is 17.7 Å². The summed E-state index contributed by atoms with van der Waals surface area (Å²) in [7, 11) is 4.84. The molecule has 0 saturated carbocycles. The number of ether oxygens (including phenoxy) is 1. The van der Waals surface area contributed by atoms with Crippen LogP contribution in [0.5, 0.6) is 5.88 Å². The van der Waals surface area contributed by atoms with E-state index >= 15 is 0 Å². The summed E-state index contributed by atoms with van der Waals surface area (Å²) in [5.41, 5.74) is 1.72. The Kier molecular flexibility index (Phi) is 8.85. The van der Waals surface area contributed by atoms with Gasteiger partial charge in [-0.1, -0.05) is 11.8 Å². The van der Waals surface area contributed by atoms with Gasteiger partial charge in [-0.15, -0.1) is 0 Å². The van der Waals surface area contributed by atoms with E-state index in [2.05, 4.69) is 37.8 Å². The minimum atomic E-state index is -2.66. The van der Waals surface area contributed by atoms with Crippen LogP contribution in [0.25, 0.3) is 5.52 Å². The van der Waals surface area contributed by atoms with Crippen molar-refractivity contribution >= 4 is 34.7 Å². The third-order valence-corrected chi connectivity index (χ3v) is 6.86. The number of thioether (sulfide) groups is 1. The predicted octanol–water partition coefficient (Wildman–Crippen LogP) is 3.33. The molecule has 3 aromatic heterocycles. The molecule has 202 valence electrons.